The molecule has 0 bridgehead atoms. The number of halogens is 3. The van der Waals surface area contributed by atoms with E-state index < -0.39 is 20.7 Å². The van der Waals surface area contributed by atoms with Crippen molar-refractivity contribution in [2.75, 3.05) is 4.72 Å². The monoisotopic (exact) mass is 377 g/mol. The second kappa shape index (κ2) is 5.71. The zero-order valence-corrected chi connectivity index (χ0v) is 13.5. The molecule has 2 aromatic carbocycles. The highest BCUT2D eigenvalue weighted by Gasteiger charge is 2.20. The summed E-state index contributed by atoms with van der Waals surface area (Å²) in [4.78, 5) is -0.417. The van der Waals surface area contributed by atoms with Crippen molar-refractivity contribution in [2.45, 2.75) is 11.8 Å². The average Bonchev–Trinajstić information content (AvgIpc) is 2.34. The van der Waals surface area contributed by atoms with Crippen LogP contribution in [0.5, 0.6) is 0 Å². The van der Waals surface area contributed by atoms with Crippen LogP contribution in [0.1, 0.15) is 5.56 Å². The van der Waals surface area contributed by atoms with Crippen LogP contribution in [-0.4, -0.2) is 8.42 Å². The van der Waals surface area contributed by atoms with Crippen LogP contribution in [0.2, 0.25) is 5.02 Å². The maximum absolute atomic E-state index is 13.8. The molecule has 0 heterocycles. The second-order valence-electron chi connectivity index (χ2n) is 4.09. The van der Waals surface area contributed by atoms with Crippen molar-refractivity contribution in [3.8, 4) is 0 Å². The largest absolute Gasteiger partial charge is 0.279 e. The number of hydrogen-bond donors (Lipinski definition) is 1. The van der Waals surface area contributed by atoms with Gasteiger partial charge in [0.2, 0.25) is 0 Å². The van der Waals surface area contributed by atoms with Gasteiger partial charge in [0, 0.05) is 9.50 Å². The molecule has 0 amide bonds. The Morgan fingerprint density at radius 3 is 2.60 bits per heavy atom. The Balaban J connectivity index is 2.44. The molecule has 0 aromatic heterocycles. The van der Waals surface area contributed by atoms with E-state index in [1.807, 2.05) is 0 Å². The van der Waals surface area contributed by atoms with Crippen molar-refractivity contribution < 1.29 is 12.8 Å². The molecule has 2 rings (SSSR count). The van der Waals surface area contributed by atoms with E-state index in [-0.39, 0.29) is 0 Å². The minimum absolute atomic E-state index is 0.319. The third kappa shape index (κ3) is 3.13. The molecule has 0 unspecified atom stereocenters. The first kappa shape index (κ1) is 15.3. The Morgan fingerprint density at radius 2 is 1.95 bits per heavy atom. The highest BCUT2D eigenvalue weighted by molar-refractivity contribution is 9.10. The Morgan fingerprint density at radius 1 is 1.25 bits per heavy atom. The standard InChI is InChI=1S/C13H10BrClFNO2S/c1-8-10(15)3-2-4-12(8)17-20(18,19)13-6-5-9(14)7-11(13)16/h2-7,17H,1H3. The molecule has 0 radical (unpaired) electrons. The van der Waals surface area contributed by atoms with Gasteiger partial charge in [-0.3, -0.25) is 4.72 Å². The second-order valence-corrected chi connectivity index (χ2v) is 7.07. The summed E-state index contributed by atoms with van der Waals surface area (Å²) in [7, 11) is -4.00. The summed E-state index contributed by atoms with van der Waals surface area (Å²) in [6.45, 7) is 1.68. The van der Waals surface area contributed by atoms with Crippen molar-refractivity contribution in [3.05, 3.63) is 57.3 Å². The van der Waals surface area contributed by atoms with Crippen LogP contribution in [0, 0.1) is 12.7 Å². The molecule has 0 aliphatic rings. The minimum Gasteiger partial charge on any atom is -0.279 e. The molecule has 0 aliphatic heterocycles. The highest BCUT2D eigenvalue weighted by Crippen LogP contribution is 2.27. The third-order valence-electron chi connectivity index (χ3n) is 2.70. The van der Waals surface area contributed by atoms with E-state index in [9.17, 15) is 12.8 Å². The molecule has 20 heavy (non-hydrogen) atoms. The van der Waals surface area contributed by atoms with Gasteiger partial charge in [0.15, 0.2) is 0 Å². The van der Waals surface area contributed by atoms with Gasteiger partial charge in [0.25, 0.3) is 10.0 Å². The molecule has 7 heteroatoms. The minimum atomic E-state index is -4.00. The van der Waals surface area contributed by atoms with E-state index in [4.69, 9.17) is 11.6 Å². The Kier molecular flexibility index (Phi) is 4.36. The maximum Gasteiger partial charge on any atom is 0.264 e. The number of sulfonamides is 1. The third-order valence-corrected chi connectivity index (χ3v) is 5.00. The van der Waals surface area contributed by atoms with E-state index >= 15 is 0 Å². The molecule has 106 valence electrons. The lowest BCUT2D eigenvalue weighted by Crippen LogP contribution is -2.15. The van der Waals surface area contributed by atoms with Crippen LogP contribution < -0.4 is 4.72 Å². The highest BCUT2D eigenvalue weighted by atomic mass is 79.9. The lowest BCUT2D eigenvalue weighted by atomic mass is 10.2. The Bertz CT molecular complexity index is 765. The first-order valence-electron chi connectivity index (χ1n) is 5.54. The van der Waals surface area contributed by atoms with Crippen LogP contribution >= 0.6 is 27.5 Å². The number of benzene rings is 2. The Hall–Kier alpha value is -1.11. The van der Waals surface area contributed by atoms with Crippen molar-refractivity contribution in [3.63, 3.8) is 0 Å². The van der Waals surface area contributed by atoms with Crippen molar-refractivity contribution in [1.29, 1.82) is 0 Å². The predicted octanol–water partition coefficient (Wildman–Crippen LogP) is 4.35. The van der Waals surface area contributed by atoms with Gasteiger partial charge in [-0.15, -0.1) is 0 Å². The van der Waals surface area contributed by atoms with Gasteiger partial charge in [0.05, 0.1) is 5.69 Å². The fraction of sp³-hybridized carbons (Fsp3) is 0.0769. The van der Waals surface area contributed by atoms with Crippen LogP contribution in [0.4, 0.5) is 10.1 Å². The van der Waals surface area contributed by atoms with Crippen molar-refractivity contribution in [1.82, 2.24) is 0 Å². The van der Waals surface area contributed by atoms with Gasteiger partial charge < -0.3 is 0 Å². The van der Waals surface area contributed by atoms with E-state index in [0.717, 1.165) is 6.07 Å². The number of anilines is 1. The summed E-state index contributed by atoms with van der Waals surface area (Å²) < 4.78 is 40.9. The molecule has 0 saturated carbocycles. The first-order valence-corrected chi connectivity index (χ1v) is 8.19. The molecule has 0 saturated heterocycles. The molecule has 0 spiro atoms. The van der Waals surface area contributed by atoms with Gasteiger partial charge in [-0.05, 0) is 42.8 Å². The lowest BCUT2D eigenvalue weighted by molar-refractivity contribution is 0.570. The molecule has 1 N–H and O–H groups in total. The van der Waals surface area contributed by atoms with Crippen LogP contribution in [0.15, 0.2) is 45.8 Å². The van der Waals surface area contributed by atoms with E-state index in [1.165, 1.54) is 12.1 Å². The van der Waals surface area contributed by atoms with Gasteiger partial charge in [-0.2, -0.15) is 0 Å². The van der Waals surface area contributed by atoms with Crippen LogP contribution in [-0.2, 0) is 10.0 Å². The number of hydrogen-bond acceptors (Lipinski definition) is 2. The quantitative estimate of drug-likeness (QED) is 0.863. The van der Waals surface area contributed by atoms with Gasteiger partial charge in [0.1, 0.15) is 10.7 Å². The average molecular weight is 379 g/mol. The van der Waals surface area contributed by atoms with Gasteiger partial charge in [-0.1, -0.05) is 33.6 Å². The molecule has 2 aromatic rings. The van der Waals surface area contributed by atoms with Gasteiger partial charge in [-0.25, -0.2) is 12.8 Å². The van der Waals surface area contributed by atoms with Crippen molar-refractivity contribution >= 4 is 43.2 Å². The molecule has 0 aliphatic carbocycles. The van der Waals surface area contributed by atoms with Crippen LogP contribution in [0.25, 0.3) is 0 Å². The molecule has 0 fully saturated rings. The fourth-order valence-corrected chi connectivity index (χ4v) is 3.30. The summed E-state index contributed by atoms with van der Waals surface area (Å²) in [6, 6.07) is 8.58. The van der Waals surface area contributed by atoms with E-state index in [1.54, 1.807) is 25.1 Å². The SMILES string of the molecule is Cc1c(Cl)cccc1NS(=O)(=O)c1ccc(Br)cc1F. The topological polar surface area (TPSA) is 46.2 Å². The first-order chi connectivity index (χ1) is 9.31. The fourth-order valence-electron chi connectivity index (χ4n) is 1.61. The zero-order valence-electron chi connectivity index (χ0n) is 10.3. The predicted molar refractivity (Wildman–Crippen MR) is 81.1 cm³/mol. The zero-order chi connectivity index (χ0) is 14.9. The molecular weight excluding hydrogens is 369 g/mol. The van der Waals surface area contributed by atoms with Gasteiger partial charge >= 0.3 is 0 Å². The molecular formula is C13H10BrClFNO2S. The normalized spacial score (nSPS) is 11.4. The summed E-state index contributed by atoms with van der Waals surface area (Å²) in [5, 5.41) is 0.432. The summed E-state index contributed by atoms with van der Waals surface area (Å²) in [5.41, 5.74) is 0.898. The lowest BCUT2D eigenvalue weighted by Gasteiger charge is -2.12. The smallest absolute Gasteiger partial charge is 0.264 e. The summed E-state index contributed by atoms with van der Waals surface area (Å²) in [6.07, 6.45) is 0. The molecule has 0 atom stereocenters. The molecule has 3 nitrogen and oxygen atoms in total. The van der Waals surface area contributed by atoms with E-state index in [0.29, 0.717) is 20.7 Å². The summed E-state index contributed by atoms with van der Waals surface area (Å²) in [5.74, 6) is -0.827. The number of nitrogens with one attached hydrogen (secondary N) is 1. The maximum atomic E-state index is 13.8. The number of rotatable bonds is 3. The van der Waals surface area contributed by atoms with E-state index in [2.05, 4.69) is 20.7 Å². The van der Waals surface area contributed by atoms with Crippen LogP contribution in [0.3, 0.4) is 0 Å². The summed E-state index contributed by atoms with van der Waals surface area (Å²) >= 11 is 9.00. The Labute approximate surface area is 130 Å². The van der Waals surface area contributed by atoms with Crippen molar-refractivity contribution in [2.24, 2.45) is 0 Å².